The van der Waals surface area contributed by atoms with Gasteiger partial charge in [-0.05, 0) is 26.2 Å². The monoisotopic (exact) mass is 501 g/mol. The Morgan fingerprint density at radius 1 is 1.29 bits per heavy atom. The lowest BCUT2D eigenvalue weighted by atomic mass is 9.65. The summed E-state index contributed by atoms with van der Waals surface area (Å²) in [6.45, 7) is 1.36. The third-order valence-electron chi connectivity index (χ3n) is 5.45. The van der Waals surface area contributed by atoms with Gasteiger partial charge in [-0.3, -0.25) is 9.59 Å². The van der Waals surface area contributed by atoms with Crippen LogP contribution >= 0.6 is 22.6 Å². The first-order valence-electron chi connectivity index (χ1n) is 8.87. The molecule has 1 aromatic rings. The van der Waals surface area contributed by atoms with E-state index in [0.29, 0.717) is 16.9 Å². The van der Waals surface area contributed by atoms with Gasteiger partial charge in [0.15, 0.2) is 23.0 Å². The van der Waals surface area contributed by atoms with E-state index < -0.39 is 15.5 Å². The van der Waals surface area contributed by atoms with Crippen LogP contribution < -0.4 is 4.74 Å². The van der Waals surface area contributed by atoms with Crippen LogP contribution in [0.4, 0.5) is 0 Å². The number of carbonyl (C=O) groups excluding carboxylic acids is 2. The highest BCUT2D eigenvalue weighted by molar-refractivity contribution is 14.1. The highest BCUT2D eigenvalue weighted by Gasteiger charge is 2.57. The largest absolute Gasteiger partial charge is 0.504 e. The number of likely N-dealkylation sites (N-methyl/N-ethyl adjacent to an activating group) is 1. The number of fused-ring (bicyclic) bond motifs is 3. The predicted molar refractivity (Wildman–Crippen MR) is 111 cm³/mol. The van der Waals surface area contributed by atoms with E-state index in [4.69, 9.17) is 14.2 Å². The van der Waals surface area contributed by atoms with Gasteiger partial charge in [-0.1, -0.05) is 28.7 Å². The first-order chi connectivity index (χ1) is 13.2. The number of nitrogens with zero attached hydrogens (tertiary/aromatic N) is 1. The molecule has 1 N–H and O–H groups in total. The van der Waals surface area contributed by atoms with Gasteiger partial charge in [0.1, 0.15) is 6.10 Å². The van der Waals surface area contributed by atoms with E-state index >= 15 is 0 Å². The maximum Gasteiger partial charge on any atom is 0.303 e. The summed E-state index contributed by atoms with van der Waals surface area (Å²) in [5.41, 5.74) is 1.25. The Morgan fingerprint density at radius 2 is 1.96 bits per heavy atom. The number of phenols is 1. The van der Waals surface area contributed by atoms with E-state index in [0.717, 1.165) is 0 Å². The molecule has 3 rings (SSSR count). The average molecular weight is 501 g/mol. The van der Waals surface area contributed by atoms with E-state index in [1.165, 1.54) is 21.1 Å². The fourth-order valence-electron chi connectivity index (χ4n) is 4.34. The molecule has 2 aliphatic rings. The van der Waals surface area contributed by atoms with Gasteiger partial charge >= 0.3 is 5.97 Å². The predicted octanol–water partition coefficient (Wildman–Crippen LogP) is 2.70. The molecule has 1 unspecified atom stereocenters. The lowest BCUT2D eigenvalue weighted by molar-refractivity contribution is -0.152. The molecule has 0 saturated heterocycles. The van der Waals surface area contributed by atoms with Gasteiger partial charge in [0.2, 0.25) is 0 Å². The topological polar surface area (TPSA) is 85.3 Å². The van der Waals surface area contributed by atoms with Crippen LogP contribution in [0.2, 0.25) is 0 Å². The number of ether oxygens (including phenoxy) is 3. The minimum Gasteiger partial charge on any atom is -0.504 e. The van der Waals surface area contributed by atoms with Crippen LogP contribution in [0.25, 0.3) is 0 Å². The van der Waals surface area contributed by atoms with Gasteiger partial charge in [-0.2, -0.15) is 0 Å². The van der Waals surface area contributed by atoms with Crippen molar-refractivity contribution in [2.45, 2.75) is 28.9 Å². The highest BCUT2D eigenvalue weighted by atomic mass is 127. The molecule has 28 heavy (non-hydrogen) atoms. The Morgan fingerprint density at radius 3 is 2.50 bits per heavy atom. The van der Waals surface area contributed by atoms with E-state index in [9.17, 15) is 14.7 Å². The molecule has 0 amide bonds. The van der Waals surface area contributed by atoms with E-state index in [1.807, 2.05) is 19.0 Å². The first-order valence-corrected chi connectivity index (χ1v) is 9.95. The molecule has 0 aromatic heterocycles. The van der Waals surface area contributed by atoms with Gasteiger partial charge in [-0.15, -0.1) is 0 Å². The number of carbonyl (C=O) groups is 2. The zero-order chi connectivity index (χ0) is 20.8. The van der Waals surface area contributed by atoms with Crippen LogP contribution in [0, 0.1) is 5.92 Å². The normalized spacial score (nSPS) is 28.9. The molecule has 152 valence electrons. The van der Waals surface area contributed by atoms with Crippen molar-refractivity contribution in [3.05, 3.63) is 35.1 Å². The van der Waals surface area contributed by atoms with Crippen molar-refractivity contribution in [2.24, 2.45) is 5.92 Å². The summed E-state index contributed by atoms with van der Waals surface area (Å²) in [6.07, 6.45) is 1.33. The van der Waals surface area contributed by atoms with Crippen LogP contribution in [0.3, 0.4) is 0 Å². The molecule has 7 nitrogen and oxygen atoms in total. The van der Waals surface area contributed by atoms with Gasteiger partial charge < -0.3 is 24.2 Å². The van der Waals surface area contributed by atoms with Crippen LogP contribution in [0.5, 0.6) is 11.5 Å². The van der Waals surface area contributed by atoms with Crippen LogP contribution in [0.1, 0.15) is 30.6 Å². The van der Waals surface area contributed by atoms with E-state index in [2.05, 4.69) is 22.6 Å². The molecule has 0 fully saturated rings. The number of Topliss-reactive ketones (excluding diaryl/α,β-unsaturated/α-hetero) is 1. The molecule has 0 aliphatic heterocycles. The van der Waals surface area contributed by atoms with Crippen molar-refractivity contribution in [2.75, 3.05) is 28.3 Å². The van der Waals surface area contributed by atoms with E-state index in [1.54, 1.807) is 18.2 Å². The Labute approximate surface area is 177 Å². The van der Waals surface area contributed by atoms with Crippen molar-refractivity contribution in [3.8, 4) is 11.5 Å². The Bertz CT molecular complexity index is 851. The molecule has 0 heterocycles. The quantitative estimate of drug-likeness (QED) is 0.386. The van der Waals surface area contributed by atoms with Gasteiger partial charge in [0, 0.05) is 30.4 Å². The summed E-state index contributed by atoms with van der Waals surface area (Å²) in [5, 5.41) is 11.0. The summed E-state index contributed by atoms with van der Waals surface area (Å²) in [5.74, 6) is -0.225. The number of esters is 1. The van der Waals surface area contributed by atoms with Crippen LogP contribution in [-0.4, -0.2) is 56.1 Å². The molecular formula is C20H24INO6. The van der Waals surface area contributed by atoms with Crippen molar-refractivity contribution in [1.82, 2.24) is 4.90 Å². The summed E-state index contributed by atoms with van der Waals surface area (Å²) < 4.78 is 15.6. The van der Waals surface area contributed by atoms with E-state index in [-0.39, 0.29) is 35.7 Å². The number of hydrogen-bond donors (Lipinski definition) is 1. The number of phenolic OH excluding ortho intramolecular Hbond substituents is 1. The molecule has 4 atom stereocenters. The van der Waals surface area contributed by atoms with Crippen molar-refractivity contribution in [1.29, 1.82) is 0 Å². The average Bonchev–Trinajstić information content (AvgIpc) is 2.61. The van der Waals surface area contributed by atoms with Crippen molar-refractivity contribution >= 4 is 34.3 Å². The molecule has 0 bridgehead atoms. The SMILES string of the molecule is COC1=CC2[C@@H](N(C)C)[C@H](OC(C)=O)c3ccc(OC)c(O)c3[C@]2(I)CC1=O. The Kier molecular flexibility index (Phi) is 5.64. The second-order valence-corrected chi connectivity index (χ2v) is 9.21. The number of rotatable bonds is 4. The van der Waals surface area contributed by atoms with Gasteiger partial charge in [0.25, 0.3) is 0 Å². The van der Waals surface area contributed by atoms with Gasteiger partial charge in [-0.25, -0.2) is 0 Å². The zero-order valence-corrected chi connectivity index (χ0v) is 18.6. The minimum atomic E-state index is -0.740. The number of halogens is 1. The number of alkyl halides is 1. The number of allylic oxidation sites excluding steroid dienone is 1. The van der Waals surface area contributed by atoms with Crippen molar-refractivity contribution in [3.63, 3.8) is 0 Å². The first kappa shape index (κ1) is 20.9. The number of ketones is 1. The molecule has 1 aromatic carbocycles. The lowest BCUT2D eigenvalue weighted by Gasteiger charge is -2.51. The lowest BCUT2D eigenvalue weighted by Crippen LogP contribution is -2.54. The maximum atomic E-state index is 12.7. The third-order valence-corrected chi connectivity index (χ3v) is 7.09. The maximum absolute atomic E-state index is 12.7. The Balaban J connectivity index is 2.34. The number of aromatic hydroxyl groups is 1. The molecular weight excluding hydrogens is 477 g/mol. The Hall–Kier alpha value is -1.81. The fourth-order valence-corrected chi connectivity index (χ4v) is 5.80. The molecule has 2 aliphatic carbocycles. The molecule has 0 saturated carbocycles. The molecule has 0 spiro atoms. The van der Waals surface area contributed by atoms with Crippen molar-refractivity contribution < 1.29 is 28.9 Å². The highest BCUT2D eigenvalue weighted by Crippen LogP contribution is 2.60. The van der Waals surface area contributed by atoms with Gasteiger partial charge in [0.05, 0.1) is 23.7 Å². The standard InChI is InChI=1S/C20H24INO6/c1-10(23)28-19-11-6-7-14(26-4)18(25)16(11)20(21)9-13(24)15(27-5)8-12(20)17(19)22(2)3/h6-8,12,17,19,25H,9H2,1-5H3/t12?,17-,19-,20+/m1/s1. The number of benzene rings is 1. The molecule has 8 heteroatoms. The second kappa shape index (κ2) is 7.55. The van der Waals surface area contributed by atoms with Crippen LogP contribution in [0.15, 0.2) is 24.0 Å². The minimum absolute atomic E-state index is 0.0316. The third kappa shape index (κ3) is 3.16. The summed E-state index contributed by atoms with van der Waals surface area (Å²) in [4.78, 5) is 26.6. The summed E-state index contributed by atoms with van der Waals surface area (Å²) in [7, 11) is 6.75. The number of hydrogen-bond acceptors (Lipinski definition) is 7. The number of methoxy groups -OCH3 is 2. The summed E-state index contributed by atoms with van der Waals surface area (Å²) in [6, 6.07) is 3.20. The van der Waals surface area contributed by atoms with Crippen LogP contribution in [-0.2, 0) is 22.5 Å². The molecule has 0 radical (unpaired) electrons. The smallest absolute Gasteiger partial charge is 0.303 e. The zero-order valence-electron chi connectivity index (χ0n) is 16.5. The summed E-state index contributed by atoms with van der Waals surface area (Å²) >= 11 is 2.25. The second-order valence-electron chi connectivity index (χ2n) is 7.29. The fraction of sp³-hybridized carbons (Fsp3) is 0.500.